The third-order valence-electron chi connectivity index (χ3n) is 2.50. The van der Waals surface area contributed by atoms with E-state index in [1.54, 1.807) is 0 Å². The Morgan fingerprint density at radius 3 is 2.67 bits per heavy atom. The number of anilines is 1. The Labute approximate surface area is 92.4 Å². The van der Waals surface area contributed by atoms with E-state index in [1.165, 1.54) is 11.3 Å². The highest BCUT2D eigenvalue weighted by Gasteiger charge is 2.10. The molecule has 0 radical (unpaired) electrons. The van der Waals surface area contributed by atoms with E-state index >= 15 is 0 Å². The predicted octanol–water partition coefficient (Wildman–Crippen LogP) is 2.72. The molecule has 0 aromatic heterocycles. The highest BCUT2D eigenvalue weighted by molar-refractivity contribution is 5.55. The van der Waals surface area contributed by atoms with E-state index in [9.17, 15) is 0 Å². The van der Waals surface area contributed by atoms with E-state index in [0.29, 0.717) is 0 Å². The maximum absolute atomic E-state index is 5.95. The van der Waals surface area contributed by atoms with Crippen LogP contribution in [0.4, 0.5) is 5.69 Å². The Morgan fingerprint density at radius 2 is 2.13 bits per heavy atom. The highest BCUT2D eigenvalue weighted by atomic mass is 15.1. The molecular formula is C13H20N2. The summed E-state index contributed by atoms with van der Waals surface area (Å²) in [7, 11) is 0. The van der Waals surface area contributed by atoms with E-state index in [2.05, 4.69) is 30.5 Å². The number of para-hydroxylation sites is 1. The number of nitrogens with zero attached hydrogens (tertiary/aromatic N) is 1. The molecule has 15 heavy (non-hydrogen) atoms. The minimum Gasteiger partial charge on any atom is -0.368 e. The van der Waals surface area contributed by atoms with Gasteiger partial charge in [0.25, 0.3) is 0 Å². The molecule has 2 N–H and O–H groups in total. The van der Waals surface area contributed by atoms with E-state index in [0.717, 1.165) is 13.1 Å². The van der Waals surface area contributed by atoms with Crippen molar-refractivity contribution < 1.29 is 0 Å². The first kappa shape index (κ1) is 11.8. The lowest BCUT2D eigenvalue weighted by molar-refractivity contribution is 0.798. The first-order chi connectivity index (χ1) is 7.20. The van der Waals surface area contributed by atoms with Gasteiger partial charge in [-0.05, 0) is 25.5 Å². The molecule has 0 unspecified atom stereocenters. The van der Waals surface area contributed by atoms with Crippen LogP contribution in [0, 0.1) is 0 Å². The fourth-order valence-corrected chi connectivity index (χ4v) is 1.71. The average Bonchev–Trinajstić information content (AvgIpc) is 2.26. The van der Waals surface area contributed by atoms with Crippen LogP contribution < -0.4 is 10.6 Å². The van der Waals surface area contributed by atoms with Crippen molar-refractivity contribution in [2.75, 3.05) is 18.0 Å². The molecule has 0 amide bonds. The molecule has 1 aromatic rings. The molecule has 0 saturated heterocycles. The zero-order chi connectivity index (χ0) is 11.3. The summed E-state index contributed by atoms with van der Waals surface area (Å²) in [6, 6.07) is 8.36. The fourth-order valence-electron chi connectivity index (χ4n) is 1.71. The molecule has 0 aliphatic rings. The van der Waals surface area contributed by atoms with Gasteiger partial charge in [0.2, 0.25) is 0 Å². The summed E-state index contributed by atoms with van der Waals surface area (Å²) in [5, 5.41) is 0. The second kappa shape index (κ2) is 5.56. The van der Waals surface area contributed by atoms with Crippen molar-refractivity contribution in [3.63, 3.8) is 0 Å². The minimum absolute atomic E-state index is 0.0695. The molecule has 0 aliphatic heterocycles. The fraction of sp³-hybridized carbons (Fsp3) is 0.385. The summed E-state index contributed by atoms with van der Waals surface area (Å²) in [6.07, 6.45) is 1.92. The summed E-state index contributed by atoms with van der Waals surface area (Å²) < 4.78 is 0. The summed E-state index contributed by atoms with van der Waals surface area (Å²) in [4.78, 5) is 2.27. The van der Waals surface area contributed by atoms with Gasteiger partial charge in [0.15, 0.2) is 0 Å². The van der Waals surface area contributed by atoms with Gasteiger partial charge in [0.1, 0.15) is 0 Å². The second-order valence-electron chi connectivity index (χ2n) is 3.67. The van der Waals surface area contributed by atoms with Crippen LogP contribution in [0.2, 0.25) is 0 Å². The second-order valence-corrected chi connectivity index (χ2v) is 3.67. The SMILES string of the molecule is C=CCN(CC)c1ccccc1[C@H](C)N. The van der Waals surface area contributed by atoms with Gasteiger partial charge in [-0.3, -0.25) is 0 Å². The Kier molecular flexibility index (Phi) is 4.37. The highest BCUT2D eigenvalue weighted by Crippen LogP contribution is 2.24. The zero-order valence-corrected chi connectivity index (χ0v) is 9.61. The van der Waals surface area contributed by atoms with Gasteiger partial charge in [-0.15, -0.1) is 6.58 Å². The van der Waals surface area contributed by atoms with Crippen LogP contribution in [-0.2, 0) is 0 Å². The molecule has 2 nitrogen and oxygen atoms in total. The van der Waals surface area contributed by atoms with Gasteiger partial charge in [0.05, 0.1) is 0 Å². The topological polar surface area (TPSA) is 29.3 Å². The third-order valence-corrected chi connectivity index (χ3v) is 2.50. The first-order valence-corrected chi connectivity index (χ1v) is 5.41. The molecular weight excluding hydrogens is 184 g/mol. The van der Waals surface area contributed by atoms with Crippen molar-refractivity contribution in [3.8, 4) is 0 Å². The van der Waals surface area contributed by atoms with E-state index in [4.69, 9.17) is 5.73 Å². The standard InChI is InChI=1S/C13H20N2/c1-4-10-15(5-2)13-9-7-6-8-12(13)11(3)14/h4,6-9,11H,1,5,10,14H2,2-3H3/t11-/m0/s1. The first-order valence-electron chi connectivity index (χ1n) is 5.41. The number of likely N-dealkylation sites (N-methyl/N-ethyl adjacent to an activating group) is 1. The molecule has 82 valence electrons. The molecule has 1 rings (SSSR count). The number of hydrogen-bond donors (Lipinski definition) is 1. The number of rotatable bonds is 5. The summed E-state index contributed by atoms with van der Waals surface area (Å²) in [6.45, 7) is 9.76. The molecule has 1 atom stereocenters. The Morgan fingerprint density at radius 1 is 1.47 bits per heavy atom. The van der Waals surface area contributed by atoms with Gasteiger partial charge in [-0.25, -0.2) is 0 Å². The lowest BCUT2D eigenvalue weighted by Gasteiger charge is -2.25. The monoisotopic (exact) mass is 204 g/mol. The van der Waals surface area contributed by atoms with E-state index in [-0.39, 0.29) is 6.04 Å². The summed E-state index contributed by atoms with van der Waals surface area (Å²) in [5.41, 5.74) is 8.36. The molecule has 0 bridgehead atoms. The summed E-state index contributed by atoms with van der Waals surface area (Å²) in [5.74, 6) is 0. The molecule has 0 aliphatic carbocycles. The van der Waals surface area contributed by atoms with Crippen LogP contribution in [0.1, 0.15) is 25.5 Å². The van der Waals surface area contributed by atoms with Crippen LogP contribution in [0.25, 0.3) is 0 Å². The van der Waals surface area contributed by atoms with Gasteiger partial charge in [-0.1, -0.05) is 24.3 Å². The molecule has 0 saturated carbocycles. The van der Waals surface area contributed by atoms with Crippen molar-refractivity contribution >= 4 is 5.69 Å². The molecule has 1 aromatic carbocycles. The van der Waals surface area contributed by atoms with E-state index < -0.39 is 0 Å². The van der Waals surface area contributed by atoms with Crippen molar-refractivity contribution in [1.82, 2.24) is 0 Å². The van der Waals surface area contributed by atoms with Crippen molar-refractivity contribution in [2.24, 2.45) is 5.73 Å². The lowest BCUT2D eigenvalue weighted by Crippen LogP contribution is -2.25. The molecule has 0 fully saturated rings. The maximum Gasteiger partial charge on any atom is 0.0417 e. The quantitative estimate of drug-likeness (QED) is 0.747. The summed E-state index contributed by atoms with van der Waals surface area (Å²) >= 11 is 0. The van der Waals surface area contributed by atoms with Crippen molar-refractivity contribution in [2.45, 2.75) is 19.9 Å². The lowest BCUT2D eigenvalue weighted by atomic mass is 10.1. The van der Waals surface area contributed by atoms with Crippen molar-refractivity contribution in [1.29, 1.82) is 0 Å². The predicted molar refractivity (Wildman–Crippen MR) is 67.1 cm³/mol. The maximum atomic E-state index is 5.95. The van der Waals surface area contributed by atoms with Crippen LogP contribution >= 0.6 is 0 Å². The van der Waals surface area contributed by atoms with Gasteiger partial charge in [-0.2, -0.15) is 0 Å². The normalized spacial score (nSPS) is 12.2. The number of hydrogen-bond acceptors (Lipinski definition) is 2. The third kappa shape index (κ3) is 2.83. The molecule has 2 heteroatoms. The Balaban J connectivity index is 3.04. The smallest absolute Gasteiger partial charge is 0.0417 e. The largest absolute Gasteiger partial charge is 0.368 e. The molecule has 0 heterocycles. The molecule has 0 spiro atoms. The Bertz CT molecular complexity index is 318. The van der Waals surface area contributed by atoms with Crippen LogP contribution in [0.3, 0.4) is 0 Å². The van der Waals surface area contributed by atoms with Crippen molar-refractivity contribution in [3.05, 3.63) is 42.5 Å². The van der Waals surface area contributed by atoms with Gasteiger partial charge < -0.3 is 10.6 Å². The van der Waals surface area contributed by atoms with Crippen LogP contribution in [-0.4, -0.2) is 13.1 Å². The average molecular weight is 204 g/mol. The zero-order valence-electron chi connectivity index (χ0n) is 9.61. The van der Waals surface area contributed by atoms with Crippen LogP contribution in [0.5, 0.6) is 0 Å². The van der Waals surface area contributed by atoms with E-state index in [1.807, 2.05) is 25.1 Å². The van der Waals surface area contributed by atoms with Crippen LogP contribution in [0.15, 0.2) is 36.9 Å². The van der Waals surface area contributed by atoms with Gasteiger partial charge in [0, 0.05) is 24.8 Å². The number of benzene rings is 1. The number of nitrogens with two attached hydrogens (primary N) is 1. The Hall–Kier alpha value is -1.28. The minimum atomic E-state index is 0.0695. The van der Waals surface area contributed by atoms with Gasteiger partial charge >= 0.3 is 0 Å².